The number of benzene rings is 1. The summed E-state index contributed by atoms with van der Waals surface area (Å²) in [5, 5.41) is 0. The number of nitrogens with one attached hydrogen (secondary N) is 1. The number of carbonyl (C=O) groups is 1. The number of hydrogen-bond donors (Lipinski definition) is 2. The fourth-order valence-electron chi connectivity index (χ4n) is 3.05. The van der Waals surface area contributed by atoms with Crippen molar-refractivity contribution in [1.82, 2.24) is 14.2 Å². The number of para-hydroxylation sites is 1. The number of H-pyrrole nitrogens is 1. The summed E-state index contributed by atoms with van der Waals surface area (Å²) < 4.78 is 38.8. The Bertz CT molecular complexity index is 1270. The third-order valence-electron chi connectivity index (χ3n) is 5.31. The van der Waals surface area contributed by atoms with Crippen LogP contribution in [0.25, 0.3) is 0 Å². The van der Waals surface area contributed by atoms with Gasteiger partial charge < -0.3 is 19.7 Å². The normalized spacial score (nSPS) is 20.5. The molecule has 3 N–H and O–H groups in total. The van der Waals surface area contributed by atoms with E-state index in [4.69, 9.17) is 24.3 Å². The molecule has 3 rings (SSSR count). The van der Waals surface area contributed by atoms with Gasteiger partial charge in [-0.2, -0.15) is 4.67 Å². The van der Waals surface area contributed by atoms with Gasteiger partial charge in [0.1, 0.15) is 17.9 Å². The molecule has 0 bridgehead atoms. The predicted octanol–water partition coefficient (Wildman–Crippen LogP) is 1.24. The number of esters is 1. The summed E-state index contributed by atoms with van der Waals surface area (Å²) >= 11 is 0. The lowest BCUT2D eigenvalue weighted by Gasteiger charge is -2.32. The van der Waals surface area contributed by atoms with Gasteiger partial charge in [-0.05, 0) is 38.9 Å². The molecule has 0 spiro atoms. The molecule has 4 unspecified atom stereocenters. The van der Waals surface area contributed by atoms with Crippen LogP contribution in [0.4, 0.5) is 0 Å². The quantitative estimate of drug-likeness (QED) is 0.251. The first-order valence-corrected chi connectivity index (χ1v) is 12.7. The van der Waals surface area contributed by atoms with Gasteiger partial charge in [-0.25, -0.2) is 9.36 Å². The van der Waals surface area contributed by atoms with E-state index in [1.807, 2.05) is 0 Å². The average Bonchev–Trinajstić information content (AvgIpc) is 2.87. The van der Waals surface area contributed by atoms with E-state index in [1.54, 1.807) is 37.3 Å². The van der Waals surface area contributed by atoms with E-state index in [1.165, 1.54) is 30.9 Å². The number of likely N-dealkylation sites (N-methyl/N-ethyl adjacent to an activating group) is 1. The van der Waals surface area contributed by atoms with Crippen LogP contribution in [-0.2, 0) is 23.4 Å². The number of aromatic nitrogens is 2. The lowest BCUT2D eigenvalue weighted by Crippen LogP contribution is -2.40. The molecule has 0 radical (unpaired) electrons. The molecular formula is C23H29N4O8P. The molecule has 1 aromatic carbocycles. The van der Waals surface area contributed by atoms with Gasteiger partial charge in [0.25, 0.3) is 5.56 Å². The Morgan fingerprint density at radius 1 is 1.31 bits per heavy atom. The molecule has 1 aliphatic heterocycles. The summed E-state index contributed by atoms with van der Waals surface area (Å²) in [5.41, 5.74) is 4.30. The van der Waals surface area contributed by atoms with Gasteiger partial charge in [0, 0.05) is 25.2 Å². The molecule has 13 heteroatoms. The van der Waals surface area contributed by atoms with Crippen molar-refractivity contribution in [1.29, 1.82) is 0 Å². The smallest absolute Gasteiger partial charge is 0.460 e. The lowest BCUT2D eigenvalue weighted by molar-refractivity contribution is -0.151. The Morgan fingerprint density at radius 2 is 2.03 bits per heavy atom. The Balaban J connectivity index is 1.76. The minimum Gasteiger partial charge on any atom is -0.460 e. The Morgan fingerprint density at radius 3 is 2.69 bits per heavy atom. The van der Waals surface area contributed by atoms with Crippen molar-refractivity contribution in [3.63, 3.8) is 0 Å². The van der Waals surface area contributed by atoms with Gasteiger partial charge in [-0.3, -0.25) is 23.7 Å². The first kappa shape index (κ1) is 27.4. The molecule has 194 valence electrons. The second-order valence-corrected chi connectivity index (χ2v) is 10.1. The zero-order valence-electron chi connectivity index (χ0n) is 20.2. The molecule has 0 saturated heterocycles. The van der Waals surface area contributed by atoms with Crippen molar-refractivity contribution in [3.05, 3.63) is 63.4 Å². The highest BCUT2D eigenvalue weighted by atomic mass is 31.2. The van der Waals surface area contributed by atoms with E-state index in [-0.39, 0.29) is 25.3 Å². The summed E-state index contributed by atoms with van der Waals surface area (Å²) in [6, 6.07) is 8.56. The molecule has 0 fully saturated rings. The van der Waals surface area contributed by atoms with E-state index in [0.29, 0.717) is 0 Å². The maximum absolute atomic E-state index is 13.9. The summed E-state index contributed by atoms with van der Waals surface area (Å²) in [6.07, 6.45) is -0.677. The molecule has 2 heterocycles. The van der Waals surface area contributed by atoms with Gasteiger partial charge in [-0.1, -0.05) is 24.1 Å². The van der Waals surface area contributed by atoms with Gasteiger partial charge in [0.05, 0.1) is 12.7 Å². The van der Waals surface area contributed by atoms with Crippen LogP contribution < -0.4 is 21.5 Å². The van der Waals surface area contributed by atoms with Crippen molar-refractivity contribution in [2.45, 2.75) is 44.7 Å². The van der Waals surface area contributed by atoms with Crippen LogP contribution in [0, 0.1) is 11.8 Å². The zero-order valence-corrected chi connectivity index (χ0v) is 21.1. The zero-order chi connectivity index (χ0) is 26.3. The Labute approximate surface area is 207 Å². The summed E-state index contributed by atoms with van der Waals surface area (Å²) in [7, 11) is -2.69. The van der Waals surface area contributed by atoms with Crippen molar-refractivity contribution in [3.8, 4) is 17.6 Å². The Kier molecular flexibility index (Phi) is 9.25. The minimum absolute atomic E-state index is 0.135. The molecule has 12 nitrogen and oxygen atoms in total. The number of rotatable bonds is 11. The van der Waals surface area contributed by atoms with E-state index < -0.39 is 49.4 Å². The first-order chi connectivity index (χ1) is 17.1. The second kappa shape index (κ2) is 12.2. The van der Waals surface area contributed by atoms with Crippen molar-refractivity contribution in [2.75, 3.05) is 20.2 Å². The first-order valence-electron chi connectivity index (χ1n) is 11.2. The van der Waals surface area contributed by atoms with E-state index in [0.717, 1.165) is 4.57 Å². The number of aromatic amines is 1. The van der Waals surface area contributed by atoms with Gasteiger partial charge >= 0.3 is 19.4 Å². The number of carbonyl (C=O) groups excluding carboxylic acids is 1. The van der Waals surface area contributed by atoms with E-state index >= 15 is 0 Å². The highest BCUT2D eigenvalue weighted by Gasteiger charge is 2.40. The third-order valence-corrected chi connectivity index (χ3v) is 7.34. The number of nitrogens with zero attached hydrogens (tertiary/aromatic N) is 2. The van der Waals surface area contributed by atoms with E-state index in [2.05, 4.69) is 16.8 Å². The third kappa shape index (κ3) is 6.94. The van der Waals surface area contributed by atoms with Crippen molar-refractivity contribution < 1.29 is 27.9 Å². The van der Waals surface area contributed by atoms with Gasteiger partial charge in [-0.15, -0.1) is 0 Å². The SMILES string of the molecule is CC(CN)OC(=O)[C@H](C)N(C)P(=O)(OCC1CC#CC(n2ccc(=O)[nH]c2=O)O1)Oc1ccccc1. The monoisotopic (exact) mass is 520 g/mol. The maximum Gasteiger partial charge on any atom is 0.461 e. The summed E-state index contributed by atoms with van der Waals surface area (Å²) in [5.74, 6) is 5.27. The molecule has 36 heavy (non-hydrogen) atoms. The molecule has 0 saturated carbocycles. The average molecular weight is 520 g/mol. The van der Waals surface area contributed by atoms with Gasteiger partial charge in [0.2, 0.25) is 6.23 Å². The Hall–Kier alpha value is -3.20. The highest BCUT2D eigenvalue weighted by Crippen LogP contribution is 2.52. The number of nitrogens with two attached hydrogens (primary N) is 1. The van der Waals surface area contributed by atoms with Crippen LogP contribution >= 0.6 is 7.75 Å². The largest absolute Gasteiger partial charge is 0.461 e. The van der Waals surface area contributed by atoms with E-state index in [9.17, 15) is 18.9 Å². The number of hydrogen-bond acceptors (Lipinski definition) is 9. The topological polar surface area (TPSA) is 155 Å². The van der Waals surface area contributed by atoms with Crippen LogP contribution in [-0.4, -0.2) is 58.6 Å². The fourth-order valence-corrected chi connectivity index (χ4v) is 4.68. The van der Waals surface area contributed by atoms with Gasteiger partial charge in [0.15, 0.2) is 0 Å². The summed E-state index contributed by atoms with van der Waals surface area (Å²) in [4.78, 5) is 38.1. The van der Waals surface area contributed by atoms with Crippen molar-refractivity contribution >= 4 is 13.7 Å². The second-order valence-electron chi connectivity index (χ2n) is 8.05. The minimum atomic E-state index is -4.11. The standard InChI is InChI=1S/C23H29N4O8P/c1-16(14-24)33-22(29)17(2)26(3)36(31,35-18-8-5-4-6-9-18)32-15-19-10-7-11-21(34-19)27-13-12-20(28)25-23(27)30/h4-6,8-9,12-13,16-17,19,21H,10,14-15,24H2,1-3H3,(H,25,28,30)/t16?,17-,19?,21?,36?/m0/s1. The molecule has 1 aliphatic rings. The highest BCUT2D eigenvalue weighted by molar-refractivity contribution is 7.51. The molecule has 1 aromatic heterocycles. The van der Waals surface area contributed by atoms with Crippen LogP contribution in [0.2, 0.25) is 0 Å². The fraction of sp³-hybridized carbons (Fsp3) is 0.435. The number of ether oxygens (including phenoxy) is 2. The maximum atomic E-state index is 13.9. The van der Waals surface area contributed by atoms with Crippen molar-refractivity contribution in [2.24, 2.45) is 5.73 Å². The van der Waals surface area contributed by atoms with Crippen LogP contribution in [0.5, 0.6) is 5.75 Å². The molecular weight excluding hydrogens is 491 g/mol. The summed E-state index contributed by atoms with van der Waals surface area (Å²) in [6.45, 7) is 3.07. The molecule has 0 aliphatic carbocycles. The molecule has 5 atom stereocenters. The molecule has 0 amide bonds. The molecule has 2 aromatic rings. The van der Waals surface area contributed by atoms with Crippen LogP contribution in [0.15, 0.2) is 52.2 Å². The van der Waals surface area contributed by atoms with Crippen LogP contribution in [0.1, 0.15) is 26.5 Å². The lowest BCUT2D eigenvalue weighted by atomic mass is 10.2. The van der Waals surface area contributed by atoms with Crippen LogP contribution in [0.3, 0.4) is 0 Å². The predicted molar refractivity (Wildman–Crippen MR) is 130 cm³/mol.